The van der Waals surface area contributed by atoms with Gasteiger partial charge in [0.1, 0.15) is 0 Å². The third kappa shape index (κ3) is 4.28. The Morgan fingerprint density at radius 1 is 1.17 bits per heavy atom. The first-order valence-electron chi connectivity index (χ1n) is 9.67. The highest BCUT2D eigenvalue weighted by Crippen LogP contribution is 2.26. The maximum atomic E-state index is 10.8. The number of nitro benzene ring substituents is 1. The Labute approximate surface area is 172 Å². The molecule has 1 atom stereocenters. The van der Waals surface area contributed by atoms with E-state index >= 15 is 0 Å². The first kappa shape index (κ1) is 19.5. The summed E-state index contributed by atoms with van der Waals surface area (Å²) in [5.41, 5.74) is 1.14. The molecule has 1 aliphatic heterocycles. The van der Waals surface area contributed by atoms with Crippen LogP contribution >= 0.6 is 11.3 Å². The molecule has 1 aromatic carbocycles. The minimum atomic E-state index is -0.367. The van der Waals surface area contributed by atoms with Gasteiger partial charge < -0.3 is 4.90 Å². The molecule has 9 nitrogen and oxygen atoms in total. The highest BCUT2D eigenvalue weighted by atomic mass is 32.1. The summed E-state index contributed by atoms with van der Waals surface area (Å²) in [6.07, 6.45) is 0.933. The molecular formula is C19H23N7O2S. The summed E-state index contributed by atoms with van der Waals surface area (Å²) in [7, 11) is 0. The van der Waals surface area contributed by atoms with Gasteiger partial charge >= 0.3 is 0 Å². The molecule has 3 aromatic rings. The van der Waals surface area contributed by atoms with Gasteiger partial charge in [-0.2, -0.15) is 0 Å². The van der Waals surface area contributed by atoms with E-state index in [1.807, 2.05) is 22.9 Å². The van der Waals surface area contributed by atoms with Crippen LogP contribution in [0.15, 0.2) is 41.8 Å². The van der Waals surface area contributed by atoms with Gasteiger partial charge in [-0.05, 0) is 40.4 Å². The third-order valence-electron chi connectivity index (χ3n) is 5.31. The molecule has 2 aromatic heterocycles. The predicted molar refractivity (Wildman–Crippen MR) is 111 cm³/mol. The number of benzene rings is 1. The van der Waals surface area contributed by atoms with Gasteiger partial charge in [0.25, 0.3) is 5.69 Å². The van der Waals surface area contributed by atoms with Crippen molar-refractivity contribution in [1.82, 2.24) is 25.1 Å². The monoisotopic (exact) mass is 413 g/mol. The number of non-ortho nitro benzene ring substituents is 1. The molecule has 10 heteroatoms. The molecule has 0 bridgehead atoms. The maximum absolute atomic E-state index is 10.8. The smallest absolute Gasteiger partial charge is 0.269 e. The molecule has 0 radical (unpaired) electrons. The Bertz CT molecular complexity index is 934. The fourth-order valence-electron chi connectivity index (χ4n) is 3.79. The first-order chi connectivity index (χ1) is 14.2. The lowest BCUT2D eigenvalue weighted by Crippen LogP contribution is -2.48. The molecule has 0 saturated carbocycles. The van der Waals surface area contributed by atoms with Gasteiger partial charge in [-0.1, -0.05) is 13.0 Å². The van der Waals surface area contributed by atoms with Crippen LogP contribution in [0, 0.1) is 10.1 Å². The van der Waals surface area contributed by atoms with Crippen molar-refractivity contribution >= 4 is 22.7 Å². The van der Waals surface area contributed by atoms with Crippen LogP contribution in [-0.4, -0.2) is 56.2 Å². The summed E-state index contributed by atoms with van der Waals surface area (Å²) < 4.78 is 1.91. The zero-order valence-electron chi connectivity index (χ0n) is 16.2. The van der Waals surface area contributed by atoms with Crippen LogP contribution in [0.3, 0.4) is 0 Å². The van der Waals surface area contributed by atoms with Gasteiger partial charge in [0.15, 0.2) is 5.82 Å². The van der Waals surface area contributed by atoms with Gasteiger partial charge in [-0.25, -0.2) is 4.68 Å². The number of thiophene rings is 1. The zero-order chi connectivity index (χ0) is 20.2. The van der Waals surface area contributed by atoms with Gasteiger partial charge in [-0.15, -0.1) is 16.4 Å². The average molecular weight is 414 g/mol. The topological polar surface area (TPSA) is 93.2 Å². The van der Waals surface area contributed by atoms with Gasteiger partial charge in [0, 0.05) is 48.9 Å². The van der Waals surface area contributed by atoms with E-state index in [2.05, 4.69) is 43.7 Å². The average Bonchev–Trinajstić information content (AvgIpc) is 3.42. The third-order valence-corrected chi connectivity index (χ3v) is 6.17. The lowest BCUT2D eigenvalue weighted by molar-refractivity contribution is -0.384. The normalized spacial score (nSPS) is 16.1. The van der Waals surface area contributed by atoms with Crippen LogP contribution in [0.25, 0.3) is 0 Å². The summed E-state index contributed by atoms with van der Waals surface area (Å²) >= 11 is 1.71. The van der Waals surface area contributed by atoms with Crippen molar-refractivity contribution in [2.75, 3.05) is 31.1 Å². The molecule has 0 spiro atoms. The Balaban J connectivity index is 1.42. The summed E-state index contributed by atoms with van der Waals surface area (Å²) in [6.45, 7) is 6.36. The van der Waals surface area contributed by atoms with E-state index in [-0.39, 0.29) is 16.7 Å². The van der Waals surface area contributed by atoms with Crippen LogP contribution in [0.2, 0.25) is 0 Å². The number of piperazine rings is 1. The van der Waals surface area contributed by atoms with Gasteiger partial charge in [0.05, 0.1) is 17.5 Å². The van der Waals surface area contributed by atoms with E-state index in [1.54, 1.807) is 23.5 Å². The number of nitrogens with zero attached hydrogens (tertiary/aromatic N) is 7. The minimum absolute atomic E-state index is 0.121. The molecule has 1 fully saturated rings. The molecule has 4 rings (SSSR count). The maximum Gasteiger partial charge on any atom is 0.269 e. The molecular weight excluding hydrogens is 390 g/mol. The molecule has 1 aliphatic rings. The van der Waals surface area contributed by atoms with Crippen LogP contribution in [-0.2, 0) is 6.54 Å². The zero-order valence-corrected chi connectivity index (χ0v) is 17.0. The second-order valence-corrected chi connectivity index (χ2v) is 8.03. The summed E-state index contributed by atoms with van der Waals surface area (Å²) in [5.74, 6) is 0.907. The summed E-state index contributed by atoms with van der Waals surface area (Å²) in [5, 5.41) is 25.4. The molecule has 3 heterocycles. The predicted octanol–water partition coefficient (Wildman–Crippen LogP) is 2.96. The number of nitro groups is 1. The Kier molecular flexibility index (Phi) is 5.81. The van der Waals surface area contributed by atoms with E-state index in [9.17, 15) is 10.1 Å². The van der Waals surface area contributed by atoms with Crippen LogP contribution in [0.1, 0.15) is 30.1 Å². The van der Waals surface area contributed by atoms with Crippen molar-refractivity contribution in [3.05, 3.63) is 62.6 Å². The molecule has 0 N–H and O–H groups in total. The fourth-order valence-corrected chi connectivity index (χ4v) is 4.48. The van der Waals surface area contributed by atoms with Crippen molar-refractivity contribution in [2.45, 2.75) is 25.9 Å². The van der Waals surface area contributed by atoms with Crippen molar-refractivity contribution in [3.8, 4) is 0 Å². The van der Waals surface area contributed by atoms with Crippen molar-refractivity contribution in [2.24, 2.45) is 0 Å². The van der Waals surface area contributed by atoms with Crippen molar-refractivity contribution in [1.29, 1.82) is 0 Å². The van der Waals surface area contributed by atoms with E-state index in [4.69, 9.17) is 0 Å². The number of hydrogen-bond donors (Lipinski definition) is 0. The molecule has 29 heavy (non-hydrogen) atoms. The Morgan fingerprint density at radius 3 is 2.55 bits per heavy atom. The number of tetrazole rings is 1. The lowest BCUT2D eigenvalue weighted by atomic mass is 10.1. The van der Waals surface area contributed by atoms with E-state index < -0.39 is 0 Å². The highest BCUT2D eigenvalue weighted by molar-refractivity contribution is 7.09. The van der Waals surface area contributed by atoms with Crippen molar-refractivity contribution < 1.29 is 4.92 Å². The second kappa shape index (κ2) is 8.66. The first-order valence-corrected chi connectivity index (χ1v) is 10.6. The number of anilines is 1. The summed E-state index contributed by atoms with van der Waals surface area (Å²) in [6, 6.07) is 11.1. The second-order valence-electron chi connectivity index (χ2n) is 6.99. The molecule has 0 amide bonds. The lowest BCUT2D eigenvalue weighted by Gasteiger charge is -2.39. The van der Waals surface area contributed by atoms with E-state index in [1.165, 1.54) is 4.88 Å². The molecule has 1 saturated heterocycles. The Hall–Kier alpha value is -2.85. The van der Waals surface area contributed by atoms with E-state index in [0.717, 1.165) is 44.1 Å². The number of aromatic nitrogens is 4. The standard InChI is InChI=1S/C19H23N7O2S/c1-2-18(19-20-21-22-25(19)14-17-4-3-13-29-17)24-11-9-23(10-12-24)15-5-7-16(8-6-15)26(27)28/h3-8,13,18H,2,9-12,14H2,1H3/t18-/m0/s1. The summed E-state index contributed by atoms with van der Waals surface area (Å²) in [4.78, 5) is 16.4. The largest absolute Gasteiger partial charge is 0.369 e. The minimum Gasteiger partial charge on any atom is -0.369 e. The fraction of sp³-hybridized carbons (Fsp3) is 0.421. The van der Waals surface area contributed by atoms with Crippen LogP contribution in [0.4, 0.5) is 11.4 Å². The van der Waals surface area contributed by atoms with Crippen LogP contribution < -0.4 is 4.90 Å². The van der Waals surface area contributed by atoms with Gasteiger partial charge in [-0.3, -0.25) is 15.0 Å². The number of hydrogen-bond acceptors (Lipinski definition) is 8. The SMILES string of the molecule is CC[C@@H](c1nnnn1Cc1cccs1)N1CCN(c2ccc([N+](=O)[O-])cc2)CC1. The quantitative estimate of drug-likeness (QED) is 0.434. The highest BCUT2D eigenvalue weighted by Gasteiger charge is 2.28. The van der Waals surface area contributed by atoms with Crippen LogP contribution in [0.5, 0.6) is 0 Å². The Morgan fingerprint density at radius 2 is 1.93 bits per heavy atom. The van der Waals surface area contributed by atoms with Crippen molar-refractivity contribution in [3.63, 3.8) is 0 Å². The van der Waals surface area contributed by atoms with E-state index in [0.29, 0.717) is 6.54 Å². The molecule has 0 aliphatic carbocycles. The molecule has 0 unspecified atom stereocenters. The molecule has 152 valence electrons. The number of rotatable bonds is 7. The van der Waals surface area contributed by atoms with Gasteiger partial charge in [0.2, 0.25) is 0 Å².